The molecule has 3 unspecified atom stereocenters. The molecular formula is C22H25ClN6O2S. The summed E-state index contributed by atoms with van der Waals surface area (Å²) in [7, 11) is 0. The van der Waals surface area contributed by atoms with Crippen LogP contribution in [0.15, 0.2) is 53.5 Å². The zero-order valence-corrected chi connectivity index (χ0v) is 19.3. The summed E-state index contributed by atoms with van der Waals surface area (Å²) in [4.78, 5) is 19.2. The molecule has 3 atom stereocenters. The number of benzene rings is 2. The number of aliphatic imine (C=N–C) groups is 1. The van der Waals surface area contributed by atoms with Crippen molar-refractivity contribution in [2.24, 2.45) is 10.9 Å². The molecule has 2 aliphatic rings. The van der Waals surface area contributed by atoms with Crippen LogP contribution in [0.25, 0.3) is 0 Å². The third-order valence-corrected chi connectivity index (χ3v) is 6.50. The van der Waals surface area contributed by atoms with Crippen molar-refractivity contribution >= 4 is 51.6 Å². The highest BCUT2D eigenvalue weighted by atomic mass is 35.5. The molecule has 2 aromatic carbocycles. The third-order valence-electron chi connectivity index (χ3n) is 5.22. The van der Waals surface area contributed by atoms with Gasteiger partial charge in [0.1, 0.15) is 17.8 Å². The van der Waals surface area contributed by atoms with Crippen LogP contribution in [-0.2, 0) is 4.79 Å². The van der Waals surface area contributed by atoms with Crippen LogP contribution in [0.1, 0.15) is 13.8 Å². The van der Waals surface area contributed by atoms with E-state index in [1.54, 1.807) is 17.0 Å². The lowest BCUT2D eigenvalue weighted by molar-refractivity contribution is -0.113. The Morgan fingerprint density at radius 1 is 1.25 bits per heavy atom. The summed E-state index contributed by atoms with van der Waals surface area (Å²) in [5.74, 6) is 0.999. The Balaban J connectivity index is 1.54. The number of hydrogen-bond donors (Lipinski definition) is 4. The van der Waals surface area contributed by atoms with E-state index in [9.17, 15) is 4.79 Å². The topological polar surface area (TPSA) is 102 Å². The molecule has 1 amide bonds. The maximum atomic E-state index is 12.6. The minimum absolute atomic E-state index is 0.0523. The SMILES string of the molecule is CCOc1ccc(N2C(=N)C3C(C)NNC3N=C2SCC(=O)Nc2ccccc2Cl)cc1. The first-order valence-electron chi connectivity index (χ1n) is 10.4. The predicted octanol–water partition coefficient (Wildman–Crippen LogP) is 3.70. The summed E-state index contributed by atoms with van der Waals surface area (Å²) in [6.45, 7) is 4.54. The van der Waals surface area contributed by atoms with E-state index in [4.69, 9.17) is 26.7 Å². The van der Waals surface area contributed by atoms with E-state index in [2.05, 4.69) is 16.2 Å². The van der Waals surface area contributed by atoms with Gasteiger partial charge in [-0.05, 0) is 50.2 Å². The Bertz CT molecular complexity index is 1030. The van der Waals surface area contributed by atoms with Gasteiger partial charge in [0, 0.05) is 11.7 Å². The number of fused-ring (bicyclic) bond motifs is 1. The number of amidine groups is 2. The minimum atomic E-state index is -0.259. The molecule has 2 aromatic rings. The molecule has 0 spiro atoms. The number of halogens is 1. The fourth-order valence-corrected chi connectivity index (χ4v) is 4.72. The highest BCUT2D eigenvalue weighted by Gasteiger charge is 2.43. The molecule has 1 saturated heterocycles. The number of carbonyl (C=O) groups excluding carboxylic acids is 1. The number of para-hydroxylation sites is 1. The molecule has 0 aromatic heterocycles. The highest BCUT2D eigenvalue weighted by Crippen LogP contribution is 2.32. The van der Waals surface area contributed by atoms with Gasteiger partial charge in [-0.3, -0.25) is 20.5 Å². The van der Waals surface area contributed by atoms with Crippen molar-refractivity contribution in [3.63, 3.8) is 0 Å². The first kappa shape index (κ1) is 22.6. The van der Waals surface area contributed by atoms with Gasteiger partial charge < -0.3 is 10.1 Å². The van der Waals surface area contributed by atoms with Gasteiger partial charge in [-0.1, -0.05) is 35.5 Å². The summed E-state index contributed by atoms with van der Waals surface area (Å²) in [6, 6.07) is 14.7. The predicted molar refractivity (Wildman–Crippen MR) is 131 cm³/mol. The van der Waals surface area contributed by atoms with Crippen LogP contribution in [0.4, 0.5) is 11.4 Å². The molecule has 2 heterocycles. The highest BCUT2D eigenvalue weighted by molar-refractivity contribution is 8.14. The number of rotatable bonds is 6. The number of amides is 1. The number of nitrogens with one attached hydrogen (secondary N) is 4. The second-order valence-electron chi connectivity index (χ2n) is 7.42. The monoisotopic (exact) mass is 472 g/mol. The molecule has 0 bridgehead atoms. The van der Waals surface area contributed by atoms with E-state index in [1.165, 1.54) is 11.8 Å². The van der Waals surface area contributed by atoms with E-state index in [0.717, 1.165) is 11.4 Å². The molecule has 1 fully saturated rings. The number of carbonyl (C=O) groups is 1. The van der Waals surface area contributed by atoms with Crippen molar-refractivity contribution in [1.82, 2.24) is 10.9 Å². The second-order valence-corrected chi connectivity index (χ2v) is 8.77. The van der Waals surface area contributed by atoms with Crippen molar-refractivity contribution in [3.05, 3.63) is 53.6 Å². The van der Waals surface area contributed by atoms with Crippen molar-refractivity contribution < 1.29 is 9.53 Å². The molecule has 2 aliphatic heterocycles. The van der Waals surface area contributed by atoms with Crippen LogP contribution in [0.2, 0.25) is 5.02 Å². The first-order valence-corrected chi connectivity index (χ1v) is 11.7. The lowest BCUT2D eigenvalue weighted by Crippen LogP contribution is -2.50. The van der Waals surface area contributed by atoms with E-state index in [1.807, 2.05) is 50.2 Å². The van der Waals surface area contributed by atoms with Crippen molar-refractivity contribution in [2.45, 2.75) is 26.1 Å². The molecule has 4 N–H and O–H groups in total. The average molecular weight is 473 g/mol. The van der Waals surface area contributed by atoms with Gasteiger partial charge in [0.25, 0.3) is 0 Å². The van der Waals surface area contributed by atoms with Crippen LogP contribution < -0.4 is 25.8 Å². The Kier molecular flexibility index (Phi) is 7.00. The number of nitrogens with zero attached hydrogens (tertiary/aromatic N) is 2. The number of hydrazine groups is 1. The lowest BCUT2D eigenvalue weighted by Gasteiger charge is -2.36. The molecule has 32 heavy (non-hydrogen) atoms. The fourth-order valence-electron chi connectivity index (χ4n) is 3.69. The van der Waals surface area contributed by atoms with E-state index >= 15 is 0 Å². The minimum Gasteiger partial charge on any atom is -0.494 e. The Hall–Kier alpha value is -2.59. The first-order chi connectivity index (χ1) is 15.5. The number of anilines is 2. The summed E-state index contributed by atoms with van der Waals surface area (Å²) >= 11 is 7.42. The van der Waals surface area contributed by atoms with Crippen molar-refractivity contribution in [2.75, 3.05) is 22.6 Å². The second kappa shape index (κ2) is 9.91. The number of ether oxygens (including phenoxy) is 1. The smallest absolute Gasteiger partial charge is 0.234 e. The molecule has 10 heteroatoms. The molecule has 8 nitrogen and oxygen atoms in total. The van der Waals surface area contributed by atoms with Gasteiger partial charge in [-0.15, -0.1) is 0 Å². The van der Waals surface area contributed by atoms with E-state index < -0.39 is 0 Å². The Morgan fingerprint density at radius 3 is 2.72 bits per heavy atom. The molecular weight excluding hydrogens is 448 g/mol. The largest absolute Gasteiger partial charge is 0.494 e. The van der Waals surface area contributed by atoms with Crippen LogP contribution in [0, 0.1) is 11.3 Å². The van der Waals surface area contributed by atoms with Gasteiger partial charge in [0.15, 0.2) is 5.17 Å². The van der Waals surface area contributed by atoms with Crippen LogP contribution in [0.5, 0.6) is 5.75 Å². The lowest BCUT2D eigenvalue weighted by atomic mass is 9.97. The standard InChI is InChI=1S/C22H25ClN6O2S/c1-3-31-15-10-8-14(9-11-15)29-20(24)19-13(2)27-28-21(19)26-22(29)32-12-18(30)25-17-7-5-4-6-16(17)23/h4-11,13,19,21,24,27-28H,3,12H2,1-2H3,(H,25,30). The summed E-state index contributed by atoms with van der Waals surface area (Å²) in [5, 5.41) is 12.8. The van der Waals surface area contributed by atoms with Crippen molar-refractivity contribution in [1.29, 1.82) is 5.41 Å². The van der Waals surface area contributed by atoms with Crippen LogP contribution in [-0.4, -0.2) is 41.5 Å². The molecule has 0 aliphatic carbocycles. The van der Waals surface area contributed by atoms with E-state index in [-0.39, 0.29) is 29.8 Å². The average Bonchev–Trinajstić information content (AvgIpc) is 3.16. The normalized spacial score (nSPS) is 22.3. The maximum Gasteiger partial charge on any atom is 0.234 e. The van der Waals surface area contributed by atoms with Crippen LogP contribution >= 0.6 is 23.4 Å². The van der Waals surface area contributed by atoms with Crippen molar-refractivity contribution in [3.8, 4) is 5.75 Å². The zero-order chi connectivity index (χ0) is 22.7. The quantitative estimate of drug-likeness (QED) is 0.511. The van der Waals surface area contributed by atoms with Crippen LogP contribution in [0.3, 0.4) is 0 Å². The summed E-state index contributed by atoms with van der Waals surface area (Å²) in [6.07, 6.45) is -0.259. The van der Waals surface area contributed by atoms with Gasteiger partial charge in [-0.2, -0.15) is 0 Å². The molecule has 0 saturated carbocycles. The van der Waals surface area contributed by atoms with Gasteiger partial charge in [0.05, 0.1) is 29.0 Å². The van der Waals surface area contributed by atoms with E-state index in [0.29, 0.717) is 28.3 Å². The van der Waals surface area contributed by atoms with Gasteiger partial charge in [-0.25, -0.2) is 10.4 Å². The number of hydrogen-bond acceptors (Lipinski definition) is 7. The molecule has 4 rings (SSSR count). The third kappa shape index (κ3) is 4.75. The summed E-state index contributed by atoms with van der Waals surface area (Å²) < 4.78 is 5.54. The summed E-state index contributed by atoms with van der Waals surface area (Å²) in [5.41, 5.74) is 7.68. The zero-order valence-electron chi connectivity index (χ0n) is 17.8. The number of thioether (sulfide) groups is 1. The van der Waals surface area contributed by atoms with Gasteiger partial charge >= 0.3 is 0 Å². The Morgan fingerprint density at radius 2 is 2.00 bits per heavy atom. The Labute approximate surface area is 196 Å². The molecule has 0 radical (unpaired) electrons. The maximum absolute atomic E-state index is 12.6. The fraction of sp³-hybridized carbons (Fsp3) is 0.318. The van der Waals surface area contributed by atoms with Gasteiger partial charge in [0.2, 0.25) is 5.91 Å². The molecule has 168 valence electrons.